The molecule has 0 aromatic heterocycles. The quantitative estimate of drug-likeness (QED) is 0.878. The minimum Gasteiger partial charge on any atom is -0.371 e. The maximum atomic E-state index is 3.44. The number of para-hydroxylation sites is 1. The molecule has 1 heterocycles. The molecule has 1 aromatic carbocycles. The first-order chi connectivity index (χ1) is 8.76. The smallest absolute Gasteiger partial charge is 0.0398 e. The molecule has 1 aliphatic heterocycles. The van der Waals surface area contributed by atoms with Crippen molar-refractivity contribution in [3.05, 3.63) is 29.8 Å². The van der Waals surface area contributed by atoms with Crippen LogP contribution in [-0.4, -0.2) is 26.2 Å². The molecule has 2 heteroatoms. The van der Waals surface area contributed by atoms with Gasteiger partial charge in [0.05, 0.1) is 0 Å². The average molecular weight is 246 g/mol. The zero-order valence-electron chi connectivity index (χ0n) is 11.9. The lowest BCUT2D eigenvalue weighted by Gasteiger charge is -2.39. The Bertz CT molecular complexity index is 375. The zero-order chi connectivity index (χ0) is 13.0. The third-order valence-electron chi connectivity index (χ3n) is 4.13. The van der Waals surface area contributed by atoms with Gasteiger partial charge in [0.1, 0.15) is 0 Å². The fourth-order valence-corrected chi connectivity index (χ4v) is 3.09. The van der Waals surface area contributed by atoms with E-state index in [0.717, 1.165) is 5.92 Å². The minimum absolute atomic E-state index is 0.680. The molecule has 18 heavy (non-hydrogen) atoms. The van der Waals surface area contributed by atoms with Gasteiger partial charge in [-0.1, -0.05) is 38.5 Å². The van der Waals surface area contributed by atoms with Gasteiger partial charge in [-0.3, -0.25) is 0 Å². The van der Waals surface area contributed by atoms with Crippen LogP contribution in [0, 0.1) is 5.92 Å². The fraction of sp³-hybridized carbons (Fsp3) is 0.625. The lowest BCUT2D eigenvalue weighted by atomic mass is 9.93. The summed E-state index contributed by atoms with van der Waals surface area (Å²) in [5.41, 5.74) is 2.97. The SMILES string of the molecule is CCCc1ccccc1N1CCC(NC)C(C)C1. The molecule has 1 N–H and O–H groups in total. The standard InChI is InChI=1S/C16H26N2/c1-4-7-14-8-5-6-9-16(14)18-11-10-15(17-3)13(2)12-18/h5-6,8-9,13,15,17H,4,7,10-12H2,1-3H3. The molecule has 0 saturated carbocycles. The van der Waals surface area contributed by atoms with E-state index in [1.165, 1.54) is 43.6 Å². The van der Waals surface area contributed by atoms with Crippen LogP contribution in [0.15, 0.2) is 24.3 Å². The predicted molar refractivity (Wildman–Crippen MR) is 79.3 cm³/mol. The second-order valence-corrected chi connectivity index (χ2v) is 5.49. The second-order valence-electron chi connectivity index (χ2n) is 5.49. The number of benzene rings is 1. The van der Waals surface area contributed by atoms with Gasteiger partial charge in [0.15, 0.2) is 0 Å². The van der Waals surface area contributed by atoms with Crippen molar-refractivity contribution in [3.63, 3.8) is 0 Å². The lowest BCUT2D eigenvalue weighted by molar-refractivity contribution is 0.338. The number of piperidine rings is 1. The van der Waals surface area contributed by atoms with Gasteiger partial charge in [-0.25, -0.2) is 0 Å². The second kappa shape index (κ2) is 6.24. The minimum atomic E-state index is 0.680. The largest absolute Gasteiger partial charge is 0.371 e. The van der Waals surface area contributed by atoms with E-state index in [1.807, 2.05) is 0 Å². The average Bonchev–Trinajstić information content (AvgIpc) is 2.40. The van der Waals surface area contributed by atoms with Crippen molar-refractivity contribution in [1.29, 1.82) is 0 Å². The summed E-state index contributed by atoms with van der Waals surface area (Å²) in [5.74, 6) is 0.721. The molecule has 2 rings (SSSR count). The zero-order valence-corrected chi connectivity index (χ0v) is 11.9. The van der Waals surface area contributed by atoms with E-state index in [9.17, 15) is 0 Å². The monoisotopic (exact) mass is 246 g/mol. The van der Waals surface area contributed by atoms with E-state index in [0.29, 0.717) is 6.04 Å². The molecule has 1 aromatic rings. The first-order valence-electron chi connectivity index (χ1n) is 7.26. The van der Waals surface area contributed by atoms with Crippen molar-refractivity contribution in [3.8, 4) is 0 Å². The van der Waals surface area contributed by atoms with Crippen molar-refractivity contribution in [1.82, 2.24) is 5.32 Å². The van der Waals surface area contributed by atoms with Crippen molar-refractivity contribution in [2.24, 2.45) is 5.92 Å². The summed E-state index contributed by atoms with van der Waals surface area (Å²) >= 11 is 0. The Morgan fingerprint density at radius 3 is 2.78 bits per heavy atom. The Morgan fingerprint density at radius 2 is 2.11 bits per heavy atom. The highest BCUT2D eigenvalue weighted by atomic mass is 15.2. The Labute approximate surface area is 111 Å². The summed E-state index contributed by atoms with van der Waals surface area (Å²) < 4.78 is 0. The molecule has 2 unspecified atom stereocenters. The molecule has 0 aliphatic carbocycles. The van der Waals surface area contributed by atoms with Crippen LogP contribution in [0.4, 0.5) is 5.69 Å². The number of hydrogen-bond acceptors (Lipinski definition) is 2. The highest BCUT2D eigenvalue weighted by molar-refractivity contribution is 5.54. The van der Waals surface area contributed by atoms with E-state index in [-0.39, 0.29) is 0 Å². The number of nitrogens with zero attached hydrogens (tertiary/aromatic N) is 1. The fourth-order valence-electron chi connectivity index (χ4n) is 3.09. The molecule has 0 radical (unpaired) electrons. The number of rotatable bonds is 4. The molecule has 0 bridgehead atoms. The highest BCUT2D eigenvalue weighted by Crippen LogP contribution is 2.27. The van der Waals surface area contributed by atoms with Crippen LogP contribution in [0.1, 0.15) is 32.3 Å². The van der Waals surface area contributed by atoms with Crippen molar-refractivity contribution >= 4 is 5.69 Å². The van der Waals surface area contributed by atoms with E-state index < -0.39 is 0 Å². The normalized spacial score (nSPS) is 24.3. The van der Waals surface area contributed by atoms with Gasteiger partial charge >= 0.3 is 0 Å². The number of aryl methyl sites for hydroxylation is 1. The molecule has 1 fully saturated rings. The van der Waals surface area contributed by atoms with E-state index >= 15 is 0 Å². The number of hydrogen-bond donors (Lipinski definition) is 1. The molecule has 1 aliphatic rings. The van der Waals surface area contributed by atoms with Gasteiger partial charge in [0.2, 0.25) is 0 Å². The van der Waals surface area contributed by atoms with Crippen LogP contribution in [0.2, 0.25) is 0 Å². The molecule has 2 nitrogen and oxygen atoms in total. The number of anilines is 1. The van der Waals surface area contributed by atoms with Crippen LogP contribution in [-0.2, 0) is 6.42 Å². The van der Waals surface area contributed by atoms with E-state index in [4.69, 9.17) is 0 Å². The van der Waals surface area contributed by atoms with Gasteiger partial charge in [-0.05, 0) is 37.4 Å². The topological polar surface area (TPSA) is 15.3 Å². The molecular weight excluding hydrogens is 220 g/mol. The summed E-state index contributed by atoms with van der Waals surface area (Å²) in [7, 11) is 2.09. The molecule has 2 atom stereocenters. The third-order valence-corrected chi connectivity index (χ3v) is 4.13. The van der Waals surface area contributed by atoms with Gasteiger partial charge < -0.3 is 10.2 Å². The van der Waals surface area contributed by atoms with Gasteiger partial charge in [-0.15, -0.1) is 0 Å². The first kappa shape index (κ1) is 13.4. The molecular formula is C16H26N2. The lowest BCUT2D eigenvalue weighted by Crippen LogP contribution is -2.47. The van der Waals surface area contributed by atoms with Crippen molar-refractivity contribution in [2.75, 3.05) is 25.0 Å². The summed E-state index contributed by atoms with van der Waals surface area (Å²) in [6, 6.07) is 9.59. The van der Waals surface area contributed by atoms with Crippen molar-refractivity contribution < 1.29 is 0 Å². The van der Waals surface area contributed by atoms with Crippen molar-refractivity contribution in [2.45, 2.75) is 39.2 Å². The third kappa shape index (κ3) is 2.86. The predicted octanol–water partition coefficient (Wildman–Crippen LogP) is 3.07. The van der Waals surface area contributed by atoms with E-state index in [2.05, 4.69) is 55.4 Å². The Morgan fingerprint density at radius 1 is 1.33 bits per heavy atom. The Kier molecular flexibility index (Phi) is 4.65. The summed E-state index contributed by atoms with van der Waals surface area (Å²) in [5, 5.41) is 3.44. The molecule has 0 amide bonds. The van der Waals surface area contributed by atoms with Crippen LogP contribution >= 0.6 is 0 Å². The van der Waals surface area contributed by atoms with Crippen LogP contribution in [0.3, 0.4) is 0 Å². The van der Waals surface area contributed by atoms with Gasteiger partial charge in [0.25, 0.3) is 0 Å². The summed E-state index contributed by atoms with van der Waals surface area (Å²) in [6.45, 7) is 6.96. The molecule has 100 valence electrons. The van der Waals surface area contributed by atoms with Gasteiger partial charge in [-0.2, -0.15) is 0 Å². The van der Waals surface area contributed by atoms with Crippen LogP contribution < -0.4 is 10.2 Å². The number of nitrogens with one attached hydrogen (secondary N) is 1. The maximum absolute atomic E-state index is 3.44. The molecule has 1 saturated heterocycles. The molecule has 0 spiro atoms. The van der Waals surface area contributed by atoms with E-state index in [1.54, 1.807) is 0 Å². The summed E-state index contributed by atoms with van der Waals surface area (Å²) in [6.07, 6.45) is 3.66. The summed E-state index contributed by atoms with van der Waals surface area (Å²) in [4.78, 5) is 2.57. The van der Waals surface area contributed by atoms with Crippen LogP contribution in [0.5, 0.6) is 0 Å². The van der Waals surface area contributed by atoms with Crippen LogP contribution in [0.25, 0.3) is 0 Å². The Balaban J connectivity index is 2.12. The van der Waals surface area contributed by atoms with Gasteiger partial charge in [0, 0.05) is 24.8 Å². The highest BCUT2D eigenvalue weighted by Gasteiger charge is 2.25. The maximum Gasteiger partial charge on any atom is 0.0398 e. The Hall–Kier alpha value is -1.02. The first-order valence-corrected chi connectivity index (χ1v) is 7.26.